The third-order valence-corrected chi connectivity index (χ3v) is 6.71. The molecule has 0 aromatic heterocycles. The van der Waals surface area contributed by atoms with Gasteiger partial charge in [-0.25, -0.2) is 0 Å². The predicted molar refractivity (Wildman–Crippen MR) is 133 cm³/mol. The van der Waals surface area contributed by atoms with Crippen molar-refractivity contribution >= 4 is 35.2 Å². The second-order valence-electron chi connectivity index (χ2n) is 8.60. The largest absolute Gasteiger partial charge is 0.457 e. The van der Waals surface area contributed by atoms with Crippen molar-refractivity contribution in [3.05, 3.63) is 59.7 Å². The van der Waals surface area contributed by atoms with Crippen LogP contribution in [0.25, 0.3) is 0 Å². The lowest BCUT2D eigenvalue weighted by atomic mass is 9.85. The van der Waals surface area contributed by atoms with Crippen molar-refractivity contribution in [3.8, 4) is 0 Å². The lowest BCUT2D eigenvalue weighted by Crippen LogP contribution is -2.48. The van der Waals surface area contributed by atoms with Gasteiger partial charge in [0.1, 0.15) is 0 Å². The number of ketones is 2. The van der Waals surface area contributed by atoms with Crippen LogP contribution in [0.15, 0.2) is 58.3 Å². The Labute approximate surface area is 205 Å². The maximum atomic E-state index is 12.8. The molecular formula is C27H33NO5S. The zero-order chi connectivity index (χ0) is 25.3. The summed E-state index contributed by atoms with van der Waals surface area (Å²) in [7, 11) is 0. The van der Waals surface area contributed by atoms with Gasteiger partial charge in [0.05, 0.1) is 5.92 Å². The van der Waals surface area contributed by atoms with Gasteiger partial charge < -0.3 is 10.1 Å². The van der Waals surface area contributed by atoms with E-state index in [1.54, 1.807) is 38.1 Å². The van der Waals surface area contributed by atoms with Crippen molar-refractivity contribution in [3.63, 3.8) is 0 Å². The number of Topliss-reactive ketones (excluding diaryl/α,β-unsaturated/α-hetero) is 2. The first-order valence-corrected chi connectivity index (χ1v) is 12.3. The number of nitrogens with one attached hydrogen (secondary N) is 1. The van der Waals surface area contributed by atoms with Crippen molar-refractivity contribution in [2.24, 2.45) is 5.92 Å². The molecule has 0 atom stereocenters. The van der Waals surface area contributed by atoms with E-state index in [1.165, 1.54) is 18.7 Å². The molecule has 0 saturated carbocycles. The molecule has 34 heavy (non-hydrogen) atoms. The minimum Gasteiger partial charge on any atom is -0.457 e. The number of esters is 1. The topological polar surface area (TPSA) is 89.5 Å². The normalized spacial score (nSPS) is 11.2. The molecule has 7 heteroatoms. The first-order valence-electron chi connectivity index (χ1n) is 11.5. The van der Waals surface area contributed by atoms with Crippen molar-refractivity contribution in [1.82, 2.24) is 5.32 Å². The number of ether oxygens (including phenoxy) is 1. The first-order chi connectivity index (χ1) is 16.1. The Morgan fingerprint density at radius 2 is 1.32 bits per heavy atom. The van der Waals surface area contributed by atoms with Crippen LogP contribution in [-0.2, 0) is 14.3 Å². The zero-order valence-corrected chi connectivity index (χ0v) is 21.3. The summed E-state index contributed by atoms with van der Waals surface area (Å²) in [5.41, 5.74) is 0.567. The Bertz CT molecular complexity index is 1010. The van der Waals surface area contributed by atoms with E-state index in [4.69, 9.17) is 4.74 Å². The van der Waals surface area contributed by atoms with E-state index < -0.39 is 11.5 Å². The quantitative estimate of drug-likeness (QED) is 0.317. The summed E-state index contributed by atoms with van der Waals surface area (Å²) in [6.07, 6.45) is 1.62. The standard InChI is InChI=1S/C27H33NO5S/c1-6-27(7-2,28-19(5)29)16-24(30)20-8-12-22(13-9-20)34-23-14-10-21(11-15-23)25(31)17-33-26(32)18(3)4/h8-15,18H,6-7,16-17H2,1-5H3,(H,28,29). The minimum atomic E-state index is -0.525. The van der Waals surface area contributed by atoms with E-state index in [1.807, 2.05) is 38.1 Å². The maximum Gasteiger partial charge on any atom is 0.308 e. The zero-order valence-electron chi connectivity index (χ0n) is 20.5. The Morgan fingerprint density at radius 1 is 0.853 bits per heavy atom. The molecule has 2 rings (SSSR count). The fourth-order valence-corrected chi connectivity index (χ4v) is 4.26. The molecule has 0 aliphatic rings. The minimum absolute atomic E-state index is 0.00460. The van der Waals surface area contributed by atoms with E-state index in [9.17, 15) is 19.2 Å². The van der Waals surface area contributed by atoms with Crippen molar-refractivity contribution in [2.75, 3.05) is 6.61 Å². The van der Waals surface area contributed by atoms with Gasteiger partial charge in [0, 0.05) is 39.8 Å². The van der Waals surface area contributed by atoms with E-state index in [2.05, 4.69) is 5.32 Å². The molecule has 0 bridgehead atoms. The fourth-order valence-electron chi connectivity index (χ4n) is 3.44. The van der Waals surface area contributed by atoms with Crippen molar-refractivity contribution < 1.29 is 23.9 Å². The molecule has 0 aliphatic carbocycles. The van der Waals surface area contributed by atoms with Crippen molar-refractivity contribution in [1.29, 1.82) is 0 Å². The van der Waals surface area contributed by atoms with Crippen LogP contribution in [0.2, 0.25) is 0 Å². The van der Waals surface area contributed by atoms with Crippen LogP contribution in [0.1, 0.15) is 74.6 Å². The van der Waals surface area contributed by atoms with Crippen molar-refractivity contribution in [2.45, 2.75) is 69.2 Å². The summed E-state index contributed by atoms with van der Waals surface area (Å²) in [6, 6.07) is 14.5. The molecular weight excluding hydrogens is 450 g/mol. The van der Waals surface area contributed by atoms with Gasteiger partial charge in [-0.1, -0.05) is 63.7 Å². The molecule has 1 amide bonds. The van der Waals surface area contributed by atoms with E-state index in [0.717, 1.165) is 9.79 Å². The SMILES string of the molecule is CCC(CC)(CC(=O)c1ccc(Sc2ccc(C(=O)COC(=O)C(C)C)cc2)cc1)NC(C)=O. The molecule has 2 aromatic rings. The number of carbonyl (C=O) groups is 4. The van der Waals surface area contributed by atoms with Crippen LogP contribution in [0.4, 0.5) is 0 Å². The first kappa shape index (κ1) is 27.3. The molecule has 1 N–H and O–H groups in total. The number of carbonyl (C=O) groups excluding carboxylic acids is 4. The second kappa shape index (κ2) is 12.5. The van der Waals surface area contributed by atoms with E-state index in [0.29, 0.717) is 24.0 Å². The summed E-state index contributed by atoms with van der Waals surface area (Å²) in [5, 5.41) is 2.96. The smallest absolute Gasteiger partial charge is 0.308 e. The summed E-state index contributed by atoms with van der Waals surface area (Å²) in [6.45, 7) is 8.60. The summed E-state index contributed by atoms with van der Waals surface area (Å²) < 4.78 is 5.00. The van der Waals surface area contributed by atoms with Crippen LogP contribution >= 0.6 is 11.8 Å². The van der Waals surface area contributed by atoms with Crippen LogP contribution in [-0.4, -0.2) is 35.6 Å². The molecule has 0 unspecified atom stereocenters. The van der Waals surface area contributed by atoms with Crippen LogP contribution in [0.3, 0.4) is 0 Å². The highest BCUT2D eigenvalue weighted by Gasteiger charge is 2.30. The van der Waals surface area contributed by atoms with E-state index in [-0.39, 0.29) is 36.4 Å². The summed E-state index contributed by atoms with van der Waals surface area (Å²) in [4.78, 5) is 50.1. The van der Waals surface area contributed by atoms with Gasteiger partial charge in [-0.3, -0.25) is 19.2 Å². The van der Waals surface area contributed by atoms with Crippen LogP contribution < -0.4 is 5.32 Å². The molecule has 6 nitrogen and oxygen atoms in total. The molecule has 0 fully saturated rings. The number of hydrogen-bond donors (Lipinski definition) is 1. The molecule has 182 valence electrons. The lowest BCUT2D eigenvalue weighted by molar-refractivity contribution is -0.146. The van der Waals surface area contributed by atoms with Gasteiger partial charge in [-0.2, -0.15) is 0 Å². The molecule has 0 heterocycles. The number of benzene rings is 2. The molecule has 0 aliphatic heterocycles. The number of amides is 1. The van der Waals surface area contributed by atoms with Gasteiger partial charge >= 0.3 is 5.97 Å². The van der Waals surface area contributed by atoms with Gasteiger partial charge in [0.25, 0.3) is 0 Å². The third-order valence-electron chi connectivity index (χ3n) is 5.70. The summed E-state index contributed by atoms with van der Waals surface area (Å²) in [5.74, 6) is -1.05. The fraction of sp³-hybridized carbons (Fsp3) is 0.407. The monoisotopic (exact) mass is 483 g/mol. The highest BCUT2D eigenvalue weighted by atomic mass is 32.2. The maximum absolute atomic E-state index is 12.8. The molecule has 0 saturated heterocycles. The van der Waals surface area contributed by atoms with Gasteiger partial charge in [-0.05, 0) is 37.1 Å². The predicted octanol–water partition coefficient (Wildman–Crippen LogP) is 5.49. The van der Waals surface area contributed by atoms with Gasteiger partial charge in [-0.15, -0.1) is 0 Å². The van der Waals surface area contributed by atoms with Crippen LogP contribution in [0, 0.1) is 5.92 Å². The average molecular weight is 484 g/mol. The highest BCUT2D eigenvalue weighted by molar-refractivity contribution is 7.99. The van der Waals surface area contributed by atoms with E-state index >= 15 is 0 Å². The number of hydrogen-bond acceptors (Lipinski definition) is 6. The molecule has 0 spiro atoms. The Hall–Kier alpha value is -2.93. The number of rotatable bonds is 12. The molecule has 2 aromatic carbocycles. The summed E-state index contributed by atoms with van der Waals surface area (Å²) >= 11 is 1.52. The van der Waals surface area contributed by atoms with Gasteiger partial charge in [0.2, 0.25) is 5.91 Å². The van der Waals surface area contributed by atoms with Crippen LogP contribution in [0.5, 0.6) is 0 Å². The third kappa shape index (κ3) is 7.83. The Kier molecular flexibility index (Phi) is 10.1. The molecule has 0 radical (unpaired) electrons. The second-order valence-corrected chi connectivity index (χ2v) is 9.75. The highest BCUT2D eigenvalue weighted by Crippen LogP contribution is 2.29. The lowest BCUT2D eigenvalue weighted by Gasteiger charge is -2.32. The average Bonchev–Trinajstić information content (AvgIpc) is 2.82. The Balaban J connectivity index is 1.99. The van der Waals surface area contributed by atoms with Gasteiger partial charge in [0.15, 0.2) is 18.2 Å². The Morgan fingerprint density at radius 3 is 1.74 bits per heavy atom.